The van der Waals surface area contributed by atoms with Crippen molar-refractivity contribution in [3.05, 3.63) is 29.8 Å². The second-order valence-corrected chi connectivity index (χ2v) is 3.54. The molecule has 0 atom stereocenters. The molecule has 0 spiro atoms. The standard InChI is InChI=1S/C13H14O5/c1-8(2)13(15)18-12-10(16-3)5-9(7-14)6-11(12)17-4/h5-7H,1H2,2-4H3. The number of esters is 1. The van der Waals surface area contributed by atoms with Crippen LogP contribution in [0.1, 0.15) is 17.3 Å². The minimum atomic E-state index is -0.592. The Kier molecular flexibility index (Phi) is 4.48. The molecule has 0 saturated heterocycles. The van der Waals surface area contributed by atoms with Gasteiger partial charge in [0.05, 0.1) is 14.2 Å². The van der Waals surface area contributed by atoms with Gasteiger partial charge in [0.15, 0.2) is 11.5 Å². The first-order valence-corrected chi connectivity index (χ1v) is 5.12. The smallest absolute Gasteiger partial charge is 0.338 e. The van der Waals surface area contributed by atoms with Crippen LogP contribution in [0, 0.1) is 0 Å². The van der Waals surface area contributed by atoms with Crippen molar-refractivity contribution in [1.82, 2.24) is 0 Å². The Morgan fingerprint density at radius 1 is 1.22 bits per heavy atom. The molecule has 18 heavy (non-hydrogen) atoms. The number of benzene rings is 1. The van der Waals surface area contributed by atoms with Crippen molar-refractivity contribution in [3.8, 4) is 17.2 Å². The Morgan fingerprint density at radius 3 is 2.06 bits per heavy atom. The third-order valence-corrected chi connectivity index (χ3v) is 2.16. The summed E-state index contributed by atoms with van der Waals surface area (Å²) in [5.74, 6) is 0.0150. The molecular weight excluding hydrogens is 236 g/mol. The van der Waals surface area contributed by atoms with E-state index in [-0.39, 0.29) is 22.8 Å². The van der Waals surface area contributed by atoms with Crippen LogP contribution in [0.5, 0.6) is 17.2 Å². The minimum Gasteiger partial charge on any atom is -0.493 e. The molecule has 0 N–H and O–H groups in total. The molecule has 0 unspecified atom stereocenters. The molecule has 0 aromatic heterocycles. The largest absolute Gasteiger partial charge is 0.493 e. The number of hydrogen-bond donors (Lipinski definition) is 0. The lowest BCUT2D eigenvalue weighted by Gasteiger charge is -2.13. The zero-order chi connectivity index (χ0) is 13.7. The SMILES string of the molecule is C=C(C)C(=O)Oc1c(OC)cc(C=O)cc1OC. The van der Waals surface area contributed by atoms with Crippen molar-refractivity contribution in [2.75, 3.05) is 14.2 Å². The van der Waals surface area contributed by atoms with Gasteiger partial charge in [0, 0.05) is 11.1 Å². The fourth-order valence-electron chi connectivity index (χ4n) is 1.25. The molecule has 1 aromatic carbocycles. The Morgan fingerprint density at radius 2 is 1.72 bits per heavy atom. The Balaban J connectivity index is 3.26. The molecule has 5 nitrogen and oxygen atoms in total. The molecule has 0 aliphatic rings. The lowest BCUT2D eigenvalue weighted by atomic mass is 10.2. The quantitative estimate of drug-likeness (QED) is 0.346. The van der Waals surface area contributed by atoms with Gasteiger partial charge in [-0.1, -0.05) is 6.58 Å². The van der Waals surface area contributed by atoms with Gasteiger partial charge in [-0.05, 0) is 19.1 Å². The molecule has 5 heteroatoms. The number of hydrogen-bond acceptors (Lipinski definition) is 5. The van der Waals surface area contributed by atoms with Gasteiger partial charge >= 0.3 is 5.97 Å². The summed E-state index contributed by atoms with van der Waals surface area (Å²) in [4.78, 5) is 22.3. The van der Waals surface area contributed by atoms with Crippen LogP contribution in [0.3, 0.4) is 0 Å². The zero-order valence-electron chi connectivity index (χ0n) is 10.5. The van der Waals surface area contributed by atoms with E-state index in [0.29, 0.717) is 11.8 Å². The van der Waals surface area contributed by atoms with Crippen molar-refractivity contribution in [1.29, 1.82) is 0 Å². The Hall–Kier alpha value is -2.30. The third kappa shape index (κ3) is 2.88. The van der Waals surface area contributed by atoms with Crippen molar-refractivity contribution in [2.24, 2.45) is 0 Å². The number of aldehydes is 1. The van der Waals surface area contributed by atoms with Crippen LogP contribution in [-0.4, -0.2) is 26.5 Å². The van der Waals surface area contributed by atoms with Gasteiger partial charge in [-0.15, -0.1) is 0 Å². The summed E-state index contributed by atoms with van der Waals surface area (Å²) < 4.78 is 15.2. The molecule has 96 valence electrons. The van der Waals surface area contributed by atoms with E-state index in [0.717, 1.165) is 0 Å². The lowest BCUT2D eigenvalue weighted by Crippen LogP contribution is -2.10. The maximum Gasteiger partial charge on any atom is 0.338 e. The fraction of sp³-hybridized carbons (Fsp3) is 0.231. The van der Waals surface area contributed by atoms with Crippen molar-refractivity contribution < 1.29 is 23.8 Å². The fourth-order valence-corrected chi connectivity index (χ4v) is 1.25. The van der Waals surface area contributed by atoms with E-state index in [4.69, 9.17) is 14.2 Å². The normalized spacial score (nSPS) is 9.50. The van der Waals surface area contributed by atoms with Crippen LogP contribution in [0.4, 0.5) is 0 Å². The Labute approximate surface area is 105 Å². The summed E-state index contributed by atoms with van der Waals surface area (Å²) in [6.45, 7) is 5.01. The molecule has 0 amide bonds. The van der Waals surface area contributed by atoms with E-state index in [9.17, 15) is 9.59 Å². The predicted octanol–water partition coefficient (Wildman–Crippen LogP) is 2.00. The molecule has 0 aliphatic carbocycles. The van der Waals surface area contributed by atoms with Crippen LogP contribution >= 0.6 is 0 Å². The van der Waals surface area contributed by atoms with E-state index in [1.807, 2.05) is 0 Å². The van der Waals surface area contributed by atoms with Crippen molar-refractivity contribution in [2.45, 2.75) is 6.92 Å². The minimum absolute atomic E-state index is 0.124. The summed E-state index contributed by atoms with van der Waals surface area (Å²) in [6.07, 6.45) is 0.648. The Bertz CT molecular complexity index is 465. The molecule has 0 aliphatic heterocycles. The zero-order valence-corrected chi connectivity index (χ0v) is 10.5. The van der Waals surface area contributed by atoms with E-state index >= 15 is 0 Å². The van der Waals surface area contributed by atoms with Crippen LogP contribution in [0.15, 0.2) is 24.3 Å². The highest BCUT2D eigenvalue weighted by Crippen LogP contribution is 2.38. The van der Waals surface area contributed by atoms with Crippen LogP contribution < -0.4 is 14.2 Å². The maximum absolute atomic E-state index is 11.5. The number of carbonyl (C=O) groups is 2. The number of carbonyl (C=O) groups excluding carboxylic acids is 2. The molecule has 0 saturated carbocycles. The molecule has 0 bridgehead atoms. The first-order chi connectivity index (χ1) is 8.53. The second-order valence-electron chi connectivity index (χ2n) is 3.54. The van der Waals surface area contributed by atoms with Gasteiger partial charge in [-0.3, -0.25) is 4.79 Å². The summed E-state index contributed by atoms with van der Waals surface area (Å²) in [5, 5.41) is 0. The van der Waals surface area contributed by atoms with Gasteiger partial charge in [-0.2, -0.15) is 0 Å². The first kappa shape index (κ1) is 13.8. The van der Waals surface area contributed by atoms with E-state index in [2.05, 4.69) is 6.58 Å². The van der Waals surface area contributed by atoms with Crippen LogP contribution in [0.25, 0.3) is 0 Å². The second kappa shape index (κ2) is 5.86. The van der Waals surface area contributed by atoms with Crippen molar-refractivity contribution in [3.63, 3.8) is 0 Å². The van der Waals surface area contributed by atoms with Gasteiger partial charge in [0.1, 0.15) is 6.29 Å². The lowest BCUT2D eigenvalue weighted by molar-refractivity contribution is -0.130. The molecule has 0 fully saturated rings. The van der Waals surface area contributed by atoms with E-state index < -0.39 is 5.97 Å². The molecule has 0 radical (unpaired) electrons. The van der Waals surface area contributed by atoms with Gasteiger partial charge in [-0.25, -0.2) is 4.79 Å². The number of ether oxygens (including phenoxy) is 3. The summed E-state index contributed by atoms with van der Waals surface area (Å²) in [7, 11) is 2.81. The highest BCUT2D eigenvalue weighted by molar-refractivity contribution is 5.90. The van der Waals surface area contributed by atoms with Crippen LogP contribution in [0.2, 0.25) is 0 Å². The predicted molar refractivity (Wildman–Crippen MR) is 65.4 cm³/mol. The molecule has 1 aromatic rings. The first-order valence-electron chi connectivity index (χ1n) is 5.12. The van der Waals surface area contributed by atoms with E-state index in [1.165, 1.54) is 33.3 Å². The van der Waals surface area contributed by atoms with Gasteiger partial charge in [0.25, 0.3) is 0 Å². The number of methoxy groups -OCH3 is 2. The summed E-state index contributed by atoms with van der Waals surface area (Å²) in [5.41, 5.74) is 0.609. The van der Waals surface area contributed by atoms with Gasteiger partial charge in [0.2, 0.25) is 5.75 Å². The summed E-state index contributed by atoms with van der Waals surface area (Å²) >= 11 is 0. The topological polar surface area (TPSA) is 61.8 Å². The summed E-state index contributed by atoms with van der Waals surface area (Å²) in [6, 6.07) is 2.91. The highest BCUT2D eigenvalue weighted by Gasteiger charge is 2.17. The maximum atomic E-state index is 11.5. The van der Waals surface area contributed by atoms with Crippen LogP contribution in [-0.2, 0) is 4.79 Å². The molecule has 1 rings (SSSR count). The number of rotatable bonds is 5. The monoisotopic (exact) mass is 250 g/mol. The highest BCUT2D eigenvalue weighted by atomic mass is 16.6. The average molecular weight is 250 g/mol. The average Bonchev–Trinajstić information content (AvgIpc) is 2.38. The third-order valence-electron chi connectivity index (χ3n) is 2.16. The van der Waals surface area contributed by atoms with E-state index in [1.54, 1.807) is 0 Å². The molecule has 0 heterocycles. The van der Waals surface area contributed by atoms with Gasteiger partial charge < -0.3 is 14.2 Å². The molecular formula is C13H14O5. The van der Waals surface area contributed by atoms with Crippen molar-refractivity contribution >= 4 is 12.3 Å².